The van der Waals surface area contributed by atoms with Crippen molar-refractivity contribution in [2.45, 2.75) is 98.7 Å². The van der Waals surface area contributed by atoms with E-state index in [-0.39, 0.29) is 22.9 Å². The molecule has 3 heteroatoms. The molecule has 2 aliphatic carbocycles. The van der Waals surface area contributed by atoms with E-state index >= 15 is 0 Å². The maximum atomic E-state index is 13.3. The van der Waals surface area contributed by atoms with Gasteiger partial charge in [-0.3, -0.25) is 4.79 Å². The molecule has 0 aromatic carbocycles. The SMILES string of the molecule is CC(C)(C)C(C)(C(=O)OC12CCCC(CC(O)C1)C2)C(C)(C)C. The van der Waals surface area contributed by atoms with Crippen molar-refractivity contribution in [2.75, 3.05) is 0 Å². The van der Waals surface area contributed by atoms with Crippen LogP contribution >= 0.6 is 0 Å². The van der Waals surface area contributed by atoms with Gasteiger partial charge in [-0.25, -0.2) is 0 Å². The molecule has 0 spiro atoms. The first-order valence-electron chi connectivity index (χ1n) is 9.22. The molecule has 3 atom stereocenters. The van der Waals surface area contributed by atoms with Gasteiger partial charge in [0.2, 0.25) is 0 Å². The third-order valence-corrected chi connectivity index (χ3v) is 6.84. The number of carbonyl (C=O) groups is 1. The number of rotatable bonds is 2. The zero-order chi connectivity index (χ0) is 17.7. The van der Waals surface area contributed by atoms with Gasteiger partial charge in [0, 0.05) is 6.42 Å². The van der Waals surface area contributed by atoms with E-state index in [9.17, 15) is 9.90 Å². The predicted octanol–water partition coefficient (Wildman–Crippen LogP) is 4.71. The average Bonchev–Trinajstić information content (AvgIpc) is 2.33. The summed E-state index contributed by atoms with van der Waals surface area (Å²) in [6.45, 7) is 14.8. The first-order valence-corrected chi connectivity index (χ1v) is 9.22. The zero-order valence-corrected chi connectivity index (χ0v) is 16.2. The van der Waals surface area contributed by atoms with E-state index < -0.39 is 11.0 Å². The zero-order valence-electron chi connectivity index (χ0n) is 16.2. The fraction of sp³-hybridized carbons (Fsp3) is 0.950. The molecule has 2 fully saturated rings. The Kier molecular flexibility index (Phi) is 4.69. The molecular weight excluding hydrogens is 288 g/mol. The Bertz CT molecular complexity index is 436. The number of aliphatic hydroxyl groups excluding tert-OH is 1. The fourth-order valence-corrected chi connectivity index (χ4v) is 4.90. The van der Waals surface area contributed by atoms with Crippen molar-refractivity contribution in [3.05, 3.63) is 0 Å². The number of esters is 1. The molecule has 1 N–H and O–H groups in total. The molecule has 0 heterocycles. The Morgan fingerprint density at radius 1 is 1.04 bits per heavy atom. The molecule has 2 bridgehead atoms. The normalized spacial score (nSPS) is 32.5. The second-order valence-electron chi connectivity index (χ2n) is 10.3. The molecule has 2 aliphatic rings. The molecule has 0 aliphatic heterocycles. The minimum atomic E-state index is -0.579. The number of aliphatic hydroxyl groups is 1. The highest BCUT2D eigenvalue weighted by Gasteiger charge is 2.56. The van der Waals surface area contributed by atoms with Gasteiger partial charge in [-0.15, -0.1) is 0 Å². The van der Waals surface area contributed by atoms with E-state index in [1.165, 1.54) is 0 Å². The van der Waals surface area contributed by atoms with Gasteiger partial charge in [0.1, 0.15) is 5.60 Å². The molecule has 0 radical (unpaired) electrons. The van der Waals surface area contributed by atoms with E-state index in [1.54, 1.807) is 0 Å². The van der Waals surface area contributed by atoms with Crippen molar-refractivity contribution < 1.29 is 14.6 Å². The second kappa shape index (κ2) is 5.75. The van der Waals surface area contributed by atoms with Crippen LogP contribution in [0.2, 0.25) is 0 Å². The molecular formula is C20H36O3. The number of hydrogen-bond acceptors (Lipinski definition) is 3. The molecule has 2 saturated carbocycles. The first kappa shape index (κ1) is 18.8. The molecule has 3 unspecified atom stereocenters. The van der Waals surface area contributed by atoms with E-state index in [0.29, 0.717) is 12.3 Å². The first-order chi connectivity index (χ1) is 10.3. The maximum Gasteiger partial charge on any atom is 0.313 e. The number of carbonyl (C=O) groups excluding carboxylic acids is 1. The minimum Gasteiger partial charge on any atom is -0.459 e. The van der Waals surface area contributed by atoms with Gasteiger partial charge < -0.3 is 9.84 Å². The molecule has 2 rings (SSSR count). The summed E-state index contributed by atoms with van der Waals surface area (Å²) in [5.74, 6) is 0.420. The van der Waals surface area contributed by atoms with Crippen molar-refractivity contribution in [3.8, 4) is 0 Å². The standard InChI is InChI=1S/C20H36O3/c1-17(2,3)19(7,18(4,5)6)16(22)23-20-10-8-9-14(12-20)11-15(21)13-20/h14-15,21H,8-13H2,1-7H3. The molecule has 3 nitrogen and oxygen atoms in total. The van der Waals surface area contributed by atoms with Crippen LogP contribution in [0.4, 0.5) is 0 Å². The Hall–Kier alpha value is -0.570. The van der Waals surface area contributed by atoms with Gasteiger partial charge in [-0.05, 0) is 49.4 Å². The largest absolute Gasteiger partial charge is 0.459 e. The monoisotopic (exact) mass is 324 g/mol. The van der Waals surface area contributed by atoms with E-state index in [0.717, 1.165) is 32.1 Å². The van der Waals surface area contributed by atoms with Gasteiger partial charge in [0.25, 0.3) is 0 Å². The van der Waals surface area contributed by atoms with Crippen LogP contribution in [0, 0.1) is 22.2 Å². The maximum absolute atomic E-state index is 13.3. The lowest BCUT2D eigenvalue weighted by molar-refractivity contribution is -0.202. The smallest absolute Gasteiger partial charge is 0.313 e. The summed E-state index contributed by atoms with van der Waals surface area (Å²) < 4.78 is 6.24. The van der Waals surface area contributed by atoms with Crippen LogP contribution in [0.25, 0.3) is 0 Å². The Balaban J connectivity index is 2.28. The predicted molar refractivity (Wildman–Crippen MR) is 93.0 cm³/mol. The Morgan fingerprint density at radius 3 is 2.13 bits per heavy atom. The van der Waals surface area contributed by atoms with Gasteiger partial charge in [0.05, 0.1) is 11.5 Å². The summed E-state index contributed by atoms with van der Waals surface area (Å²) in [6, 6.07) is 0. The summed E-state index contributed by atoms with van der Waals surface area (Å²) in [5.41, 5.74) is -1.40. The molecule has 23 heavy (non-hydrogen) atoms. The average molecular weight is 325 g/mol. The van der Waals surface area contributed by atoms with E-state index in [1.807, 2.05) is 6.92 Å². The van der Waals surface area contributed by atoms with Crippen molar-refractivity contribution in [3.63, 3.8) is 0 Å². The molecule has 0 aromatic heterocycles. The second-order valence-corrected chi connectivity index (χ2v) is 10.3. The number of ether oxygens (including phenoxy) is 1. The van der Waals surface area contributed by atoms with E-state index in [4.69, 9.17) is 4.74 Å². The van der Waals surface area contributed by atoms with Crippen LogP contribution in [-0.4, -0.2) is 22.8 Å². The fourth-order valence-electron chi connectivity index (χ4n) is 4.90. The van der Waals surface area contributed by atoms with Crippen LogP contribution in [0.3, 0.4) is 0 Å². The third-order valence-electron chi connectivity index (χ3n) is 6.84. The Labute approximate surface area is 142 Å². The van der Waals surface area contributed by atoms with Crippen LogP contribution in [0.5, 0.6) is 0 Å². The van der Waals surface area contributed by atoms with Crippen LogP contribution in [-0.2, 0) is 9.53 Å². The highest BCUT2D eigenvalue weighted by molar-refractivity contribution is 5.79. The molecule has 0 saturated heterocycles. The van der Waals surface area contributed by atoms with Gasteiger partial charge >= 0.3 is 5.97 Å². The Morgan fingerprint density at radius 2 is 1.61 bits per heavy atom. The lowest BCUT2D eigenvalue weighted by Crippen LogP contribution is -2.55. The van der Waals surface area contributed by atoms with Crippen LogP contribution in [0.15, 0.2) is 0 Å². The third kappa shape index (κ3) is 3.31. The van der Waals surface area contributed by atoms with Crippen molar-refractivity contribution in [2.24, 2.45) is 22.2 Å². The van der Waals surface area contributed by atoms with Gasteiger partial charge in [-0.2, -0.15) is 0 Å². The quantitative estimate of drug-likeness (QED) is 0.748. The van der Waals surface area contributed by atoms with E-state index in [2.05, 4.69) is 41.5 Å². The minimum absolute atomic E-state index is 0.0905. The molecule has 0 aromatic rings. The number of fused-ring (bicyclic) bond motifs is 2. The summed E-state index contributed by atoms with van der Waals surface area (Å²) in [7, 11) is 0. The summed E-state index contributed by atoms with van der Waals surface area (Å²) in [5, 5.41) is 10.2. The lowest BCUT2D eigenvalue weighted by atomic mass is 9.55. The number of hydrogen-bond donors (Lipinski definition) is 1. The topological polar surface area (TPSA) is 46.5 Å². The summed E-state index contributed by atoms with van der Waals surface area (Å²) in [6.07, 6.45) is 5.25. The van der Waals surface area contributed by atoms with Crippen molar-refractivity contribution >= 4 is 5.97 Å². The lowest BCUT2D eigenvalue weighted by Gasteiger charge is -2.52. The van der Waals surface area contributed by atoms with Crippen LogP contribution < -0.4 is 0 Å². The molecule has 0 amide bonds. The highest BCUT2D eigenvalue weighted by Crippen LogP contribution is 2.54. The molecule has 134 valence electrons. The van der Waals surface area contributed by atoms with Gasteiger partial charge in [0.15, 0.2) is 0 Å². The highest BCUT2D eigenvalue weighted by atomic mass is 16.6. The van der Waals surface area contributed by atoms with Crippen molar-refractivity contribution in [1.82, 2.24) is 0 Å². The van der Waals surface area contributed by atoms with Crippen molar-refractivity contribution in [1.29, 1.82) is 0 Å². The van der Waals surface area contributed by atoms with Gasteiger partial charge in [-0.1, -0.05) is 48.0 Å². The summed E-state index contributed by atoms with van der Waals surface area (Å²) in [4.78, 5) is 13.3. The van der Waals surface area contributed by atoms with Crippen LogP contribution in [0.1, 0.15) is 87.0 Å². The summed E-state index contributed by atoms with van der Waals surface area (Å²) >= 11 is 0.